The lowest BCUT2D eigenvalue weighted by atomic mass is 10.1. The van der Waals surface area contributed by atoms with Gasteiger partial charge in [-0.3, -0.25) is 0 Å². The molecule has 0 saturated heterocycles. The van der Waals surface area contributed by atoms with Crippen LogP contribution in [-0.4, -0.2) is 16.6 Å². The van der Waals surface area contributed by atoms with Gasteiger partial charge in [0, 0.05) is 23.0 Å². The Labute approximate surface area is 115 Å². The Kier molecular flexibility index (Phi) is 4.72. The molecule has 1 atom stereocenters. The smallest absolute Gasteiger partial charge is 0.0914 e. The summed E-state index contributed by atoms with van der Waals surface area (Å²) in [6.07, 6.45) is -0.518. The van der Waals surface area contributed by atoms with Crippen molar-refractivity contribution in [1.82, 2.24) is 10.3 Å². The largest absolute Gasteiger partial charge is 0.387 e. The number of thiazole rings is 1. The van der Waals surface area contributed by atoms with Crippen LogP contribution in [0.15, 0.2) is 29.8 Å². The Morgan fingerprint density at radius 2 is 2.11 bits per heavy atom. The summed E-state index contributed by atoms with van der Waals surface area (Å²) >= 11 is 7.43. The minimum atomic E-state index is -0.518. The van der Waals surface area contributed by atoms with Crippen molar-refractivity contribution >= 4 is 22.9 Å². The highest BCUT2D eigenvalue weighted by Gasteiger charge is 2.07. The van der Waals surface area contributed by atoms with Crippen LogP contribution in [0.25, 0.3) is 0 Å². The van der Waals surface area contributed by atoms with Gasteiger partial charge in [-0.15, -0.1) is 11.3 Å². The topological polar surface area (TPSA) is 45.2 Å². The van der Waals surface area contributed by atoms with E-state index >= 15 is 0 Å². The molecule has 2 rings (SSSR count). The van der Waals surface area contributed by atoms with Gasteiger partial charge in [0.15, 0.2) is 0 Å². The summed E-state index contributed by atoms with van der Waals surface area (Å²) in [6.45, 7) is 3.24. The summed E-state index contributed by atoms with van der Waals surface area (Å²) in [7, 11) is 0. The van der Waals surface area contributed by atoms with Gasteiger partial charge in [-0.05, 0) is 24.6 Å². The fourth-order valence-electron chi connectivity index (χ4n) is 1.62. The predicted octanol–water partition coefficient (Wildman–Crippen LogP) is 2.93. The first-order valence-electron chi connectivity index (χ1n) is 5.70. The van der Waals surface area contributed by atoms with Gasteiger partial charge in [0.1, 0.15) is 0 Å². The second-order valence-electron chi connectivity index (χ2n) is 4.06. The molecule has 0 aliphatic carbocycles. The highest BCUT2D eigenvalue weighted by Crippen LogP contribution is 2.16. The van der Waals surface area contributed by atoms with E-state index < -0.39 is 6.10 Å². The summed E-state index contributed by atoms with van der Waals surface area (Å²) in [6, 6.07) is 7.25. The molecule has 1 unspecified atom stereocenters. The van der Waals surface area contributed by atoms with Gasteiger partial charge >= 0.3 is 0 Å². The van der Waals surface area contributed by atoms with Crippen LogP contribution in [0.4, 0.5) is 0 Å². The molecule has 2 N–H and O–H groups in total. The minimum Gasteiger partial charge on any atom is -0.387 e. The van der Waals surface area contributed by atoms with Crippen LogP contribution in [0.3, 0.4) is 0 Å². The lowest BCUT2D eigenvalue weighted by molar-refractivity contribution is 0.174. The van der Waals surface area contributed by atoms with E-state index in [1.807, 2.05) is 24.6 Å². The molecule has 0 bridgehead atoms. The fraction of sp³-hybridized carbons (Fsp3) is 0.308. The second-order valence-corrected chi connectivity index (χ2v) is 5.43. The fourth-order valence-corrected chi connectivity index (χ4v) is 2.49. The molecule has 3 nitrogen and oxygen atoms in total. The zero-order valence-electron chi connectivity index (χ0n) is 10.1. The standard InChI is InChI=1S/C13H15ClN2OS/c1-9-13(18-8-16-9)7-15-6-12(17)10-2-4-11(14)5-3-10/h2-5,8,12,15,17H,6-7H2,1H3. The number of aryl methyl sites for hydroxylation is 1. The van der Waals surface area contributed by atoms with Gasteiger partial charge < -0.3 is 10.4 Å². The zero-order chi connectivity index (χ0) is 13.0. The zero-order valence-corrected chi connectivity index (χ0v) is 11.6. The van der Waals surface area contributed by atoms with Gasteiger partial charge in [0.2, 0.25) is 0 Å². The molecule has 18 heavy (non-hydrogen) atoms. The maximum atomic E-state index is 9.99. The number of aliphatic hydroxyl groups is 1. The van der Waals surface area contributed by atoms with Gasteiger partial charge in [-0.2, -0.15) is 0 Å². The molecule has 0 amide bonds. The number of nitrogens with one attached hydrogen (secondary N) is 1. The first-order chi connectivity index (χ1) is 8.66. The van der Waals surface area contributed by atoms with Gasteiger partial charge in [-0.25, -0.2) is 4.98 Å². The summed E-state index contributed by atoms with van der Waals surface area (Å²) < 4.78 is 0. The molecule has 0 saturated carbocycles. The third-order valence-electron chi connectivity index (χ3n) is 2.72. The van der Waals surface area contributed by atoms with Crippen molar-refractivity contribution in [3.8, 4) is 0 Å². The van der Waals surface area contributed by atoms with Crippen molar-refractivity contribution in [2.45, 2.75) is 19.6 Å². The molecular formula is C13H15ClN2OS. The van der Waals surface area contributed by atoms with E-state index in [0.29, 0.717) is 11.6 Å². The van der Waals surface area contributed by atoms with E-state index in [9.17, 15) is 5.11 Å². The Morgan fingerprint density at radius 1 is 1.39 bits per heavy atom. The van der Waals surface area contributed by atoms with E-state index in [0.717, 1.165) is 17.8 Å². The lowest BCUT2D eigenvalue weighted by Gasteiger charge is -2.12. The third-order valence-corrected chi connectivity index (χ3v) is 3.91. The summed E-state index contributed by atoms with van der Waals surface area (Å²) in [4.78, 5) is 5.39. The molecular weight excluding hydrogens is 268 g/mol. The van der Waals surface area contributed by atoms with E-state index in [1.165, 1.54) is 4.88 Å². The molecule has 96 valence electrons. The number of nitrogens with zero attached hydrogens (tertiary/aromatic N) is 1. The maximum Gasteiger partial charge on any atom is 0.0914 e. The van der Waals surface area contributed by atoms with Crippen LogP contribution in [0.1, 0.15) is 22.2 Å². The summed E-state index contributed by atoms with van der Waals surface area (Å²) in [5, 5.41) is 13.9. The number of benzene rings is 1. The van der Waals surface area contributed by atoms with Crippen molar-refractivity contribution < 1.29 is 5.11 Å². The number of aromatic nitrogens is 1. The average molecular weight is 283 g/mol. The van der Waals surface area contributed by atoms with Crippen LogP contribution in [0, 0.1) is 6.92 Å². The highest BCUT2D eigenvalue weighted by atomic mass is 35.5. The van der Waals surface area contributed by atoms with Crippen LogP contribution in [0.5, 0.6) is 0 Å². The van der Waals surface area contributed by atoms with Crippen molar-refractivity contribution in [1.29, 1.82) is 0 Å². The van der Waals surface area contributed by atoms with Crippen LogP contribution in [-0.2, 0) is 6.54 Å². The number of hydrogen-bond donors (Lipinski definition) is 2. The van der Waals surface area contributed by atoms with E-state index in [4.69, 9.17) is 11.6 Å². The molecule has 2 aromatic rings. The van der Waals surface area contributed by atoms with E-state index in [1.54, 1.807) is 23.5 Å². The number of aliphatic hydroxyl groups excluding tert-OH is 1. The normalized spacial score (nSPS) is 12.6. The first-order valence-corrected chi connectivity index (χ1v) is 6.96. The number of halogens is 1. The molecule has 5 heteroatoms. The van der Waals surface area contributed by atoms with E-state index in [2.05, 4.69) is 10.3 Å². The van der Waals surface area contributed by atoms with Crippen LogP contribution < -0.4 is 5.32 Å². The lowest BCUT2D eigenvalue weighted by Crippen LogP contribution is -2.20. The van der Waals surface area contributed by atoms with Crippen molar-refractivity contribution in [3.63, 3.8) is 0 Å². The van der Waals surface area contributed by atoms with Crippen molar-refractivity contribution in [3.05, 3.63) is 50.9 Å². The monoisotopic (exact) mass is 282 g/mol. The van der Waals surface area contributed by atoms with Gasteiger partial charge in [0.05, 0.1) is 17.3 Å². The van der Waals surface area contributed by atoms with Crippen molar-refractivity contribution in [2.75, 3.05) is 6.54 Å². The molecule has 0 radical (unpaired) electrons. The maximum absolute atomic E-state index is 9.99. The predicted molar refractivity (Wildman–Crippen MR) is 75.0 cm³/mol. The molecule has 1 heterocycles. The molecule has 0 aliphatic heterocycles. The average Bonchev–Trinajstić information content (AvgIpc) is 2.76. The van der Waals surface area contributed by atoms with E-state index in [-0.39, 0.29) is 0 Å². The Balaban J connectivity index is 1.83. The number of hydrogen-bond acceptors (Lipinski definition) is 4. The van der Waals surface area contributed by atoms with Crippen molar-refractivity contribution in [2.24, 2.45) is 0 Å². The Morgan fingerprint density at radius 3 is 2.72 bits per heavy atom. The Bertz CT molecular complexity index is 498. The molecule has 1 aromatic carbocycles. The molecule has 0 fully saturated rings. The highest BCUT2D eigenvalue weighted by molar-refractivity contribution is 7.09. The molecule has 1 aromatic heterocycles. The number of rotatable bonds is 5. The molecule has 0 spiro atoms. The molecule has 0 aliphatic rings. The second kappa shape index (κ2) is 6.29. The first kappa shape index (κ1) is 13.5. The van der Waals surface area contributed by atoms with Crippen LogP contribution in [0.2, 0.25) is 5.02 Å². The SMILES string of the molecule is Cc1ncsc1CNCC(O)c1ccc(Cl)cc1. The van der Waals surface area contributed by atoms with Gasteiger partial charge in [0.25, 0.3) is 0 Å². The summed E-state index contributed by atoms with van der Waals surface area (Å²) in [5.74, 6) is 0. The minimum absolute atomic E-state index is 0.513. The van der Waals surface area contributed by atoms with Gasteiger partial charge in [-0.1, -0.05) is 23.7 Å². The quantitative estimate of drug-likeness (QED) is 0.886. The third kappa shape index (κ3) is 3.53. The summed E-state index contributed by atoms with van der Waals surface area (Å²) in [5.41, 5.74) is 3.75. The Hall–Kier alpha value is -0.940. The van der Waals surface area contributed by atoms with Crippen LogP contribution >= 0.6 is 22.9 Å².